The van der Waals surface area contributed by atoms with Crippen LogP contribution >= 0.6 is 0 Å². The van der Waals surface area contributed by atoms with Gasteiger partial charge in [-0.3, -0.25) is 4.79 Å². The standard InChI is InChI=1S/C27H39NO4S/c1-9-31-26(29)25(28-33(30)24-21(5)15-19(3)16-22(24)6)27(7,8)13-10-14-32-23-17-18(2)11-12-20(23)4/h11-12,15-17,25,28H,9-10,13-14H2,1-8H3/t25-,33-/m0/s1. The molecule has 0 heterocycles. The van der Waals surface area contributed by atoms with Crippen LogP contribution in [-0.2, 0) is 20.5 Å². The van der Waals surface area contributed by atoms with Crippen LogP contribution in [0.3, 0.4) is 0 Å². The summed E-state index contributed by atoms with van der Waals surface area (Å²) < 4.78 is 27.7. The molecule has 2 rings (SSSR count). The van der Waals surface area contributed by atoms with Crippen molar-refractivity contribution in [3.63, 3.8) is 0 Å². The second kappa shape index (κ2) is 11.8. The molecule has 5 nitrogen and oxygen atoms in total. The van der Waals surface area contributed by atoms with Crippen LogP contribution in [0.25, 0.3) is 0 Å². The van der Waals surface area contributed by atoms with Gasteiger partial charge in [-0.1, -0.05) is 43.7 Å². The summed E-state index contributed by atoms with van der Waals surface area (Å²) in [6, 6.07) is 9.48. The molecule has 0 fully saturated rings. The van der Waals surface area contributed by atoms with Gasteiger partial charge in [0.25, 0.3) is 0 Å². The predicted molar refractivity (Wildman–Crippen MR) is 135 cm³/mol. The van der Waals surface area contributed by atoms with Gasteiger partial charge in [0.05, 0.1) is 18.1 Å². The Morgan fingerprint density at radius 1 is 1.00 bits per heavy atom. The van der Waals surface area contributed by atoms with Crippen molar-refractivity contribution >= 4 is 17.0 Å². The molecule has 0 amide bonds. The number of ether oxygens (including phenoxy) is 2. The zero-order valence-electron chi connectivity index (χ0n) is 21.3. The van der Waals surface area contributed by atoms with Crippen molar-refractivity contribution < 1.29 is 18.5 Å². The first kappa shape index (κ1) is 27.1. The molecule has 2 aromatic carbocycles. The molecule has 6 heteroatoms. The molecule has 0 aliphatic heterocycles. The quantitative estimate of drug-likeness (QED) is 0.338. The Morgan fingerprint density at radius 2 is 1.64 bits per heavy atom. The Balaban J connectivity index is 2.12. The normalized spacial score (nSPS) is 13.5. The van der Waals surface area contributed by atoms with Crippen molar-refractivity contribution in [3.05, 3.63) is 58.1 Å². The first-order valence-corrected chi connectivity index (χ1v) is 12.7. The van der Waals surface area contributed by atoms with Gasteiger partial charge in [-0.2, -0.15) is 0 Å². The number of hydrogen-bond donors (Lipinski definition) is 1. The molecule has 0 saturated carbocycles. The van der Waals surface area contributed by atoms with Gasteiger partial charge in [-0.05, 0) is 88.1 Å². The summed E-state index contributed by atoms with van der Waals surface area (Å²) in [7, 11) is -1.54. The Bertz CT molecular complexity index is 977. The molecule has 2 aromatic rings. The van der Waals surface area contributed by atoms with E-state index in [0.717, 1.165) is 44.9 Å². The average molecular weight is 474 g/mol. The molecule has 0 saturated heterocycles. The summed E-state index contributed by atoms with van der Waals surface area (Å²) in [4.78, 5) is 13.6. The van der Waals surface area contributed by atoms with Crippen LogP contribution in [0, 0.1) is 40.0 Å². The van der Waals surface area contributed by atoms with E-state index in [0.29, 0.717) is 13.0 Å². The van der Waals surface area contributed by atoms with Gasteiger partial charge in [-0.15, -0.1) is 0 Å². The summed E-state index contributed by atoms with van der Waals surface area (Å²) in [5.41, 5.74) is 4.79. The lowest BCUT2D eigenvalue weighted by atomic mass is 9.80. The number of carbonyl (C=O) groups excluding carboxylic acids is 1. The molecule has 0 bridgehead atoms. The molecule has 0 aliphatic rings. The van der Waals surface area contributed by atoms with Crippen LogP contribution in [0.2, 0.25) is 0 Å². The minimum atomic E-state index is -1.54. The van der Waals surface area contributed by atoms with Crippen molar-refractivity contribution in [2.45, 2.75) is 79.2 Å². The highest BCUT2D eigenvalue weighted by molar-refractivity contribution is 7.83. The van der Waals surface area contributed by atoms with Crippen LogP contribution in [0.1, 0.15) is 61.4 Å². The smallest absolute Gasteiger partial charge is 0.324 e. The van der Waals surface area contributed by atoms with Crippen LogP contribution < -0.4 is 9.46 Å². The molecule has 0 radical (unpaired) electrons. The van der Waals surface area contributed by atoms with Gasteiger partial charge < -0.3 is 9.47 Å². The maximum absolute atomic E-state index is 13.3. The van der Waals surface area contributed by atoms with Crippen molar-refractivity contribution in [1.29, 1.82) is 0 Å². The van der Waals surface area contributed by atoms with Crippen LogP contribution in [-0.4, -0.2) is 29.4 Å². The largest absolute Gasteiger partial charge is 0.493 e. The molecular weight excluding hydrogens is 434 g/mol. The van der Waals surface area contributed by atoms with E-state index in [-0.39, 0.29) is 12.6 Å². The Kier molecular flexibility index (Phi) is 9.68. The lowest BCUT2D eigenvalue weighted by molar-refractivity contribution is -0.148. The van der Waals surface area contributed by atoms with E-state index >= 15 is 0 Å². The fraction of sp³-hybridized carbons (Fsp3) is 0.519. The summed E-state index contributed by atoms with van der Waals surface area (Å²) in [5, 5.41) is 0. The highest BCUT2D eigenvalue weighted by Crippen LogP contribution is 2.30. The SMILES string of the molecule is CCOC(=O)[C@H](N[S@@](=O)c1c(C)cc(C)cc1C)C(C)(C)CCCOc1cc(C)ccc1C. The molecule has 0 aliphatic carbocycles. The molecule has 0 aromatic heterocycles. The monoisotopic (exact) mass is 473 g/mol. The molecule has 0 unspecified atom stereocenters. The van der Waals surface area contributed by atoms with Crippen molar-refractivity contribution in [2.24, 2.45) is 5.41 Å². The van der Waals surface area contributed by atoms with E-state index in [4.69, 9.17) is 9.47 Å². The first-order valence-electron chi connectivity index (χ1n) is 11.6. The lowest BCUT2D eigenvalue weighted by Crippen LogP contribution is -2.49. The van der Waals surface area contributed by atoms with E-state index in [1.807, 2.05) is 66.7 Å². The van der Waals surface area contributed by atoms with Gasteiger partial charge in [0.15, 0.2) is 0 Å². The summed E-state index contributed by atoms with van der Waals surface area (Å²) >= 11 is 0. The number of carbonyl (C=O) groups is 1. The van der Waals surface area contributed by atoms with Gasteiger partial charge in [0.2, 0.25) is 0 Å². The number of esters is 1. The van der Waals surface area contributed by atoms with Crippen LogP contribution in [0.5, 0.6) is 5.75 Å². The van der Waals surface area contributed by atoms with Gasteiger partial charge in [0, 0.05) is 0 Å². The maximum Gasteiger partial charge on any atom is 0.324 e. The minimum absolute atomic E-state index is 0.276. The second-order valence-corrected chi connectivity index (χ2v) is 10.7. The summed E-state index contributed by atoms with van der Waals surface area (Å²) in [6.07, 6.45) is 1.46. The highest BCUT2D eigenvalue weighted by atomic mass is 32.2. The molecule has 0 spiro atoms. The minimum Gasteiger partial charge on any atom is -0.493 e. The van der Waals surface area contributed by atoms with E-state index in [9.17, 15) is 9.00 Å². The van der Waals surface area contributed by atoms with Crippen molar-refractivity contribution in [1.82, 2.24) is 4.72 Å². The molecule has 182 valence electrons. The Morgan fingerprint density at radius 3 is 2.24 bits per heavy atom. The third-order valence-electron chi connectivity index (χ3n) is 5.89. The number of benzene rings is 2. The number of rotatable bonds is 11. The zero-order valence-corrected chi connectivity index (χ0v) is 22.2. The lowest BCUT2D eigenvalue weighted by Gasteiger charge is -2.33. The van der Waals surface area contributed by atoms with Crippen molar-refractivity contribution in [2.75, 3.05) is 13.2 Å². The van der Waals surface area contributed by atoms with Crippen molar-refractivity contribution in [3.8, 4) is 5.75 Å². The molecular formula is C27H39NO4S. The van der Waals surface area contributed by atoms with E-state index in [1.165, 1.54) is 0 Å². The third-order valence-corrected chi connectivity index (χ3v) is 7.35. The van der Waals surface area contributed by atoms with Crippen LogP contribution in [0.15, 0.2) is 35.2 Å². The highest BCUT2D eigenvalue weighted by Gasteiger charge is 2.37. The maximum atomic E-state index is 13.3. The zero-order chi connectivity index (χ0) is 24.8. The molecule has 33 heavy (non-hydrogen) atoms. The van der Waals surface area contributed by atoms with Gasteiger partial charge in [-0.25, -0.2) is 8.93 Å². The number of nitrogens with one attached hydrogen (secondary N) is 1. The van der Waals surface area contributed by atoms with Gasteiger partial charge in [0.1, 0.15) is 22.8 Å². The summed E-state index contributed by atoms with van der Waals surface area (Å²) in [5.74, 6) is 0.507. The topological polar surface area (TPSA) is 64.6 Å². The number of hydrogen-bond acceptors (Lipinski definition) is 4. The third kappa shape index (κ3) is 7.41. The Hall–Kier alpha value is -2.18. The Labute approximate surface area is 201 Å². The number of aryl methyl sites for hydroxylation is 5. The van der Waals surface area contributed by atoms with E-state index < -0.39 is 22.4 Å². The molecule has 1 N–H and O–H groups in total. The second-order valence-electron chi connectivity index (χ2n) is 9.51. The van der Waals surface area contributed by atoms with E-state index in [1.54, 1.807) is 6.92 Å². The fourth-order valence-electron chi connectivity index (χ4n) is 4.09. The van der Waals surface area contributed by atoms with E-state index in [2.05, 4.69) is 16.9 Å². The van der Waals surface area contributed by atoms with Crippen LogP contribution in [0.4, 0.5) is 0 Å². The van der Waals surface area contributed by atoms with Gasteiger partial charge >= 0.3 is 5.97 Å². The summed E-state index contributed by atoms with van der Waals surface area (Å²) in [6.45, 7) is 16.6. The molecule has 2 atom stereocenters. The first-order chi connectivity index (χ1) is 15.5. The average Bonchev–Trinajstić information content (AvgIpc) is 2.71. The predicted octanol–water partition coefficient (Wildman–Crippen LogP) is 5.66. The fourth-order valence-corrected chi connectivity index (χ4v) is 5.54.